The number of halogens is 1. The Balaban J connectivity index is 1.56. The summed E-state index contributed by atoms with van der Waals surface area (Å²) < 4.78 is 7.20. The van der Waals surface area contributed by atoms with E-state index >= 15 is 0 Å². The molecule has 34 heavy (non-hydrogen) atoms. The number of nitrogens with one attached hydrogen (secondary N) is 1. The number of carbonyl (C=O) groups excluding carboxylic acids is 2. The number of nitrogens with zero attached hydrogens (tertiary/aromatic N) is 3. The van der Waals surface area contributed by atoms with Gasteiger partial charge in [-0.1, -0.05) is 67.1 Å². The maximum Gasteiger partial charge on any atom is 0.339 e. The third-order valence-corrected chi connectivity index (χ3v) is 5.53. The Morgan fingerprint density at radius 2 is 1.97 bits per heavy atom. The number of imidazole rings is 2. The third-order valence-electron chi connectivity index (χ3n) is 5.25. The minimum absolute atomic E-state index is 0.0699. The number of benzene rings is 2. The number of hydrogen-bond donors (Lipinski definition) is 1. The number of aldehydes is 1. The largest absolute Gasteiger partial charge is 0.454 e. The summed E-state index contributed by atoms with van der Waals surface area (Å²) in [6.07, 6.45) is 8.68. The molecule has 0 spiro atoms. The van der Waals surface area contributed by atoms with Gasteiger partial charge in [-0.15, -0.1) is 0 Å². The third kappa shape index (κ3) is 5.15. The van der Waals surface area contributed by atoms with Crippen LogP contribution in [-0.2, 0) is 17.9 Å². The first-order valence-corrected chi connectivity index (χ1v) is 11.2. The molecule has 4 rings (SSSR count). The molecule has 0 radical (unpaired) electrons. The van der Waals surface area contributed by atoms with E-state index in [2.05, 4.69) is 15.0 Å². The van der Waals surface area contributed by atoms with Crippen molar-refractivity contribution >= 4 is 29.9 Å². The number of allylic oxidation sites excluding steroid dienone is 1. The van der Waals surface area contributed by atoms with E-state index in [1.54, 1.807) is 29.1 Å². The Hall–Kier alpha value is -3.97. The lowest BCUT2D eigenvalue weighted by molar-refractivity contribution is 0.0464. The molecule has 0 aliphatic rings. The molecule has 0 saturated heterocycles. The molecule has 7 nitrogen and oxygen atoms in total. The molecule has 0 saturated carbocycles. The quantitative estimate of drug-likeness (QED) is 0.253. The molecule has 0 bridgehead atoms. The van der Waals surface area contributed by atoms with Gasteiger partial charge >= 0.3 is 5.97 Å². The molecule has 8 heteroatoms. The Kier molecular flexibility index (Phi) is 7.34. The molecule has 4 aromatic rings. The topological polar surface area (TPSA) is 89.9 Å². The second-order valence-electron chi connectivity index (χ2n) is 7.52. The van der Waals surface area contributed by atoms with Gasteiger partial charge in [0.05, 0.1) is 5.56 Å². The molecule has 0 unspecified atom stereocenters. The van der Waals surface area contributed by atoms with Crippen molar-refractivity contribution in [3.8, 4) is 11.1 Å². The van der Waals surface area contributed by atoms with Gasteiger partial charge in [-0.25, -0.2) is 14.8 Å². The maximum absolute atomic E-state index is 12.7. The van der Waals surface area contributed by atoms with E-state index in [1.165, 1.54) is 0 Å². The standard InChI is InChI=1S/C26H23ClN4O3/c1-2-3-8-24-30-25(27)22(16-32)31(24)15-18-9-11-19(12-10-18)20-6-4-5-7-21(20)26(33)34-17-23-28-13-14-29-23/h3-14,16H,2,15,17H2,1H3,(H,28,29)/b8-3+. The molecule has 0 aliphatic heterocycles. The average molecular weight is 475 g/mol. The first-order chi connectivity index (χ1) is 16.6. The van der Waals surface area contributed by atoms with Gasteiger partial charge in [0, 0.05) is 18.9 Å². The van der Waals surface area contributed by atoms with E-state index in [9.17, 15) is 9.59 Å². The predicted molar refractivity (Wildman–Crippen MR) is 131 cm³/mol. The molecule has 0 aliphatic carbocycles. The number of aromatic nitrogens is 4. The number of carbonyl (C=O) groups is 2. The highest BCUT2D eigenvalue weighted by atomic mass is 35.5. The van der Waals surface area contributed by atoms with Gasteiger partial charge in [-0.3, -0.25) is 4.79 Å². The summed E-state index contributed by atoms with van der Waals surface area (Å²) in [6.45, 7) is 2.53. The van der Waals surface area contributed by atoms with Crippen molar-refractivity contribution in [2.75, 3.05) is 0 Å². The molecule has 1 N–H and O–H groups in total. The van der Waals surface area contributed by atoms with E-state index < -0.39 is 5.97 Å². The van der Waals surface area contributed by atoms with Gasteiger partial charge < -0.3 is 14.3 Å². The molecular weight excluding hydrogens is 452 g/mol. The zero-order valence-corrected chi connectivity index (χ0v) is 19.3. The van der Waals surface area contributed by atoms with Crippen LogP contribution in [-0.4, -0.2) is 31.8 Å². The minimum Gasteiger partial charge on any atom is -0.454 e. The lowest BCUT2D eigenvalue weighted by Crippen LogP contribution is -2.08. The van der Waals surface area contributed by atoms with Crippen LogP contribution in [0.15, 0.2) is 67.0 Å². The highest BCUT2D eigenvalue weighted by Crippen LogP contribution is 2.26. The summed E-state index contributed by atoms with van der Waals surface area (Å²) in [5.41, 5.74) is 3.42. The molecule has 0 fully saturated rings. The molecule has 0 amide bonds. The summed E-state index contributed by atoms with van der Waals surface area (Å²) in [5.74, 6) is 0.785. The Morgan fingerprint density at radius 3 is 2.68 bits per heavy atom. The fourth-order valence-electron chi connectivity index (χ4n) is 3.56. The molecule has 0 atom stereocenters. The molecule has 2 aromatic heterocycles. The van der Waals surface area contributed by atoms with Crippen LogP contribution in [0.3, 0.4) is 0 Å². The first kappa shape index (κ1) is 23.2. The Morgan fingerprint density at radius 1 is 1.18 bits per heavy atom. The second-order valence-corrected chi connectivity index (χ2v) is 7.87. The van der Waals surface area contributed by atoms with Gasteiger partial charge in [-0.2, -0.15) is 0 Å². The van der Waals surface area contributed by atoms with Crippen molar-refractivity contribution < 1.29 is 14.3 Å². The van der Waals surface area contributed by atoms with Gasteiger partial charge in [-0.05, 0) is 35.3 Å². The Labute approximate surface area is 202 Å². The number of ether oxygens (including phenoxy) is 1. The summed E-state index contributed by atoms with van der Waals surface area (Å²) >= 11 is 6.16. The van der Waals surface area contributed by atoms with Crippen molar-refractivity contribution in [3.63, 3.8) is 0 Å². The molecule has 2 aromatic carbocycles. The highest BCUT2D eigenvalue weighted by molar-refractivity contribution is 6.31. The van der Waals surface area contributed by atoms with E-state index in [-0.39, 0.29) is 11.8 Å². The van der Waals surface area contributed by atoms with Crippen molar-refractivity contribution in [2.24, 2.45) is 0 Å². The monoisotopic (exact) mass is 474 g/mol. The first-order valence-electron chi connectivity index (χ1n) is 10.8. The minimum atomic E-state index is -0.424. The van der Waals surface area contributed by atoms with E-state index in [1.807, 2.05) is 55.5 Å². The second kappa shape index (κ2) is 10.8. The lowest BCUT2D eigenvalue weighted by Gasteiger charge is -2.11. The van der Waals surface area contributed by atoms with Crippen LogP contribution in [0.4, 0.5) is 0 Å². The predicted octanol–water partition coefficient (Wildman–Crippen LogP) is 5.57. The van der Waals surface area contributed by atoms with Crippen molar-refractivity contribution in [1.29, 1.82) is 0 Å². The fraction of sp³-hybridized carbons (Fsp3) is 0.154. The number of aromatic amines is 1. The maximum atomic E-state index is 12.7. The molecule has 172 valence electrons. The van der Waals surface area contributed by atoms with E-state index in [4.69, 9.17) is 16.3 Å². The van der Waals surface area contributed by atoms with Crippen LogP contribution >= 0.6 is 11.6 Å². The average Bonchev–Trinajstić information content (AvgIpc) is 3.49. The van der Waals surface area contributed by atoms with Crippen LogP contribution in [0.5, 0.6) is 0 Å². The van der Waals surface area contributed by atoms with E-state index in [0.29, 0.717) is 29.5 Å². The van der Waals surface area contributed by atoms with Crippen molar-refractivity contribution in [2.45, 2.75) is 26.5 Å². The zero-order chi connectivity index (χ0) is 23.9. The highest BCUT2D eigenvalue weighted by Gasteiger charge is 2.16. The number of rotatable bonds is 9. The molecular formula is C26H23ClN4O3. The molecule has 2 heterocycles. The number of H-pyrrole nitrogens is 1. The summed E-state index contributed by atoms with van der Waals surface area (Å²) in [4.78, 5) is 35.6. The van der Waals surface area contributed by atoms with Crippen LogP contribution in [0, 0.1) is 0 Å². The number of hydrogen-bond acceptors (Lipinski definition) is 5. The van der Waals surface area contributed by atoms with Crippen LogP contribution in [0.1, 0.15) is 51.4 Å². The van der Waals surface area contributed by atoms with Crippen molar-refractivity contribution in [1.82, 2.24) is 19.5 Å². The number of esters is 1. The summed E-state index contributed by atoms with van der Waals surface area (Å²) in [7, 11) is 0. The van der Waals surface area contributed by atoms with Gasteiger partial charge in [0.1, 0.15) is 23.9 Å². The smallest absolute Gasteiger partial charge is 0.339 e. The SMILES string of the molecule is CC/C=C/c1nc(Cl)c(C=O)n1Cc1ccc(-c2ccccc2C(=O)OCc2ncc[nH]2)cc1. The van der Waals surface area contributed by atoms with Gasteiger partial charge in [0.25, 0.3) is 0 Å². The van der Waals surface area contributed by atoms with Crippen LogP contribution in [0.25, 0.3) is 17.2 Å². The van der Waals surface area contributed by atoms with Crippen LogP contribution in [0.2, 0.25) is 5.15 Å². The van der Waals surface area contributed by atoms with Gasteiger partial charge in [0.2, 0.25) is 0 Å². The van der Waals surface area contributed by atoms with Gasteiger partial charge in [0.15, 0.2) is 11.4 Å². The summed E-state index contributed by atoms with van der Waals surface area (Å²) in [5, 5.41) is 0.185. The summed E-state index contributed by atoms with van der Waals surface area (Å²) in [6, 6.07) is 15.1. The Bertz CT molecular complexity index is 1310. The van der Waals surface area contributed by atoms with E-state index in [0.717, 1.165) is 29.4 Å². The van der Waals surface area contributed by atoms with Crippen molar-refractivity contribution in [3.05, 3.63) is 101 Å². The lowest BCUT2D eigenvalue weighted by atomic mass is 9.98. The van der Waals surface area contributed by atoms with Crippen LogP contribution < -0.4 is 0 Å². The zero-order valence-electron chi connectivity index (χ0n) is 18.6. The normalized spacial score (nSPS) is 11.1. The fourth-order valence-corrected chi connectivity index (χ4v) is 3.79.